The van der Waals surface area contributed by atoms with Crippen LogP contribution in [0.1, 0.15) is 27.7 Å². The molecule has 4 nitrogen and oxygen atoms in total. The molecular formula is C14H18BClN2O2. The van der Waals surface area contributed by atoms with E-state index in [1.54, 1.807) is 6.20 Å². The quantitative estimate of drug-likeness (QED) is 0.598. The van der Waals surface area contributed by atoms with Gasteiger partial charge in [0.1, 0.15) is 0 Å². The molecule has 1 fully saturated rings. The molecule has 0 aliphatic carbocycles. The maximum Gasteiger partial charge on any atom is 0.497 e. The summed E-state index contributed by atoms with van der Waals surface area (Å²) < 4.78 is 14.2. The van der Waals surface area contributed by atoms with Crippen molar-refractivity contribution in [1.29, 1.82) is 0 Å². The van der Waals surface area contributed by atoms with Crippen molar-refractivity contribution in [3.8, 4) is 0 Å². The van der Waals surface area contributed by atoms with Crippen molar-refractivity contribution in [2.24, 2.45) is 7.05 Å². The van der Waals surface area contributed by atoms with Gasteiger partial charge in [0, 0.05) is 30.3 Å². The average molecular weight is 293 g/mol. The molecule has 1 aliphatic rings. The summed E-state index contributed by atoms with van der Waals surface area (Å²) >= 11 is 6.18. The molecule has 0 saturated carbocycles. The number of pyridine rings is 1. The minimum absolute atomic E-state index is 0.351. The van der Waals surface area contributed by atoms with E-state index in [4.69, 9.17) is 20.9 Å². The highest BCUT2D eigenvalue weighted by Gasteiger charge is 2.52. The van der Waals surface area contributed by atoms with Gasteiger partial charge in [0.05, 0.1) is 16.7 Å². The molecule has 6 heteroatoms. The zero-order valence-electron chi connectivity index (χ0n) is 12.4. The van der Waals surface area contributed by atoms with Crippen molar-refractivity contribution in [2.45, 2.75) is 38.9 Å². The van der Waals surface area contributed by atoms with Crippen LogP contribution >= 0.6 is 11.6 Å². The highest BCUT2D eigenvalue weighted by molar-refractivity contribution is 6.65. The summed E-state index contributed by atoms with van der Waals surface area (Å²) in [6, 6.07) is 1.95. The molecule has 106 valence electrons. The van der Waals surface area contributed by atoms with E-state index in [0.717, 1.165) is 16.4 Å². The topological polar surface area (TPSA) is 36.3 Å². The van der Waals surface area contributed by atoms with Crippen molar-refractivity contribution >= 4 is 35.1 Å². The first-order chi connectivity index (χ1) is 9.23. The van der Waals surface area contributed by atoms with E-state index in [2.05, 4.69) is 4.98 Å². The maximum atomic E-state index is 6.18. The van der Waals surface area contributed by atoms with Gasteiger partial charge in [-0.1, -0.05) is 11.6 Å². The van der Waals surface area contributed by atoms with Crippen LogP contribution in [0.2, 0.25) is 5.15 Å². The number of halogens is 1. The Morgan fingerprint density at radius 1 is 1.20 bits per heavy atom. The Balaban J connectivity index is 2.12. The minimum atomic E-state index is -0.387. The third-order valence-corrected chi connectivity index (χ3v) is 4.66. The Morgan fingerprint density at radius 2 is 1.80 bits per heavy atom. The second kappa shape index (κ2) is 4.23. The number of rotatable bonds is 1. The minimum Gasteiger partial charge on any atom is -0.399 e. The maximum absolute atomic E-state index is 6.18. The van der Waals surface area contributed by atoms with Gasteiger partial charge in [0.2, 0.25) is 0 Å². The molecule has 1 aliphatic heterocycles. The van der Waals surface area contributed by atoms with E-state index in [9.17, 15) is 0 Å². The first kappa shape index (κ1) is 13.9. The molecule has 0 radical (unpaired) electrons. The number of fused-ring (bicyclic) bond motifs is 1. The molecule has 1 saturated heterocycles. The average Bonchev–Trinajstić information content (AvgIpc) is 2.76. The predicted molar refractivity (Wildman–Crippen MR) is 81.4 cm³/mol. The Morgan fingerprint density at radius 3 is 2.40 bits per heavy atom. The lowest BCUT2D eigenvalue weighted by Gasteiger charge is -2.32. The zero-order valence-corrected chi connectivity index (χ0v) is 13.2. The van der Waals surface area contributed by atoms with Crippen molar-refractivity contribution in [2.75, 3.05) is 0 Å². The molecule has 0 unspecified atom stereocenters. The summed E-state index contributed by atoms with van der Waals surface area (Å²) in [5, 5.41) is 1.51. The summed E-state index contributed by atoms with van der Waals surface area (Å²) in [6.07, 6.45) is 3.71. The molecule has 3 heterocycles. The Hall–Kier alpha value is -1.04. The van der Waals surface area contributed by atoms with Gasteiger partial charge in [-0.05, 0) is 33.8 Å². The molecule has 0 atom stereocenters. The lowest BCUT2D eigenvalue weighted by molar-refractivity contribution is 0.00578. The lowest BCUT2D eigenvalue weighted by Crippen LogP contribution is -2.41. The van der Waals surface area contributed by atoms with Gasteiger partial charge in [-0.25, -0.2) is 4.98 Å². The van der Waals surface area contributed by atoms with Gasteiger partial charge in [0.25, 0.3) is 0 Å². The molecule has 2 aromatic heterocycles. The third kappa shape index (κ3) is 1.88. The predicted octanol–water partition coefficient (Wildman–Crippen LogP) is 2.53. The molecular weight excluding hydrogens is 274 g/mol. The summed E-state index contributed by atoms with van der Waals surface area (Å²) in [7, 11) is 1.56. The molecule has 20 heavy (non-hydrogen) atoms. The van der Waals surface area contributed by atoms with E-state index in [-0.39, 0.29) is 18.3 Å². The van der Waals surface area contributed by atoms with Gasteiger partial charge in [-0.15, -0.1) is 0 Å². The van der Waals surface area contributed by atoms with Crippen LogP contribution in [0.15, 0.2) is 18.5 Å². The van der Waals surface area contributed by atoms with E-state index < -0.39 is 0 Å². The number of hydrogen-bond donors (Lipinski definition) is 0. The fraction of sp³-hybridized carbons (Fsp3) is 0.500. The summed E-state index contributed by atoms with van der Waals surface area (Å²) in [6.45, 7) is 8.19. The van der Waals surface area contributed by atoms with Crippen LogP contribution < -0.4 is 5.46 Å². The molecule has 0 aromatic carbocycles. The van der Waals surface area contributed by atoms with Crippen LogP contribution in [0.25, 0.3) is 10.9 Å². The molecule has 0 N–H and O–H groups in total. The number of nitrogens with zero attached hydrogens (tertiary/aromatic N) is 2. The first-order valence-corrected chi connectivity index (χ1v) is 7.06. The SMILES string of the molecule is Cn1cc(B2OC(C)(C)C(C)(C)O2)c2ccnc(Cl)c21. The highest BCUT2D eigenvalue weighted by atomic mass is 35.5. The van der Waals surface area contributed by atoms with E-state index in [1.807, 2.05) is 51.6 Å². The molecule has 2 aromatic rings. The van der Waals surface area contributed by atoms with Crippen molar-refractivity contribution in [3.05, 3.63) is 23.6 Å². The van der Waals surface area contributed by atoms with Crippen molar-refractivity contribution in [1.82, 2.24) is 9.55 Å². The van der Waals surface area contributed by atoms with Gasteiger partial charge in [-0.3, -0.25) is 0 Å². The van der Waals surface area contributed by atoms with Crippen LogP contribution in [-0.4, -0.2) is 27.9 Å². The molecule has 3 rings (SSSR count). The normalized spacial score (nSPS) is 20.8. The number of hydrogen-bond acceptors (Lipinski definition) is 3. The Bertz CT molecular complexity index is 665. The largest absolute Gasteiger partial charge is 0.497 e. The lowest BCUT2D eigenvalue weighted by atomic mass is 9.79. The van der Waals surface area contributed by atoms with Gasteiger partial charge in [-0.2, -0.15) is 0 Å². The standard InChI is InChI=1S/C14H18BClN2O2/c1-13(2)14(3,4)20-15(19-13)10-8-18(5)11-9(10)6-7-17-12(11)16/h6-8H,1-5H3. The van der Waals surface area contributed by atoms with E-state index in [0.29, 0.717) is 5.15 Å². The Labute approximate surface area is 124 Å². The van der Waals surface area contributed by atoms with Crippen LogP contribution in [-0.2, 0) is 16.4 Å². The van der Waals surface area contributed by atoms with E-state index in [1.165, 1.54) is 0 Å². The molecule has 0 spiro atoms. The number of aromatic nitrogens is 2. The number of aryl methyl sites for hydroxylation is 1. The highest BCUT2D eigenvalue weighted by Crippen LogP contribution is 2.37. The van der Waals surface area contributed by atoms with Gasteiger partial charge < -0.3 is 13.9 Å². The fourth-order valence-corrected chi connectivity index (χ4v) is 2.79. The summed E-state index contributed by atoms with van der Waals surface area (Å²) in [4.78, 5) is 4.13. The van der Waals surface area contributed by atoms with Crippen LogP contribution in [0.3, 0.4) is 0 Å². The van der Waals surface area contributed by atoms with Crippen LogP contribution in [0, 0.1) is 0 Å². The fourth-order valence-electron chi connectivity index (χ4n) is 2.50. The summed E-state index contributed by atoms with van der Waals surface area (Å²) in [5.74, 6) is 0. The van der Waals surface area contributed by atoms with Crippen LogP contribution in [0.5, 0.6) is 0 Å². The van der Waals surface area contributed by atoms with Gasteiger partial charge >= 0.3 is 7.12 Å². The van der Waals surface area contributed by atoms with Crippen LogP contribution in [0.4, 0.5) is 0 Å². The second-order valence-electron chi connectivity index (χ2n) is 6.28. The second-order valence-corrected chi connectivity index (χ2v) is 6.64. The summed E-state index contributed by atoms with van der Waals surface area (Å²) in [5.41, 5.74) is 1.19. The van der Waals surface area contributed by atoms with Gasteiger partial charge in [0.15, 0.2) is 5.15 Å². The molecule has 0 bridgehead atoms. The molecule has 0 amide bonds. The zero-order chi connectivity index (χ0) is 14.7. The monoisotopic (exact) mass is 292 g/mol. The van der Waals surface area contributed by atoms with Crippen molar-refractivity contribution < 1.29 is 9.31 Å². The third-order valence-electron chi connectivity index (χ3n) is 4.38. The Kier molecular flexibility index (Phi) is 2.94. The smallest absolute Gasteiger partial charge is 0.399 e. The van der Waals surface area contributed by atoms with E-state index >= 15 is 0 Å². The van der Waals surface area contributed by atoms with Crippen molar-refractivity contribution in [3.63, 3.8) is 0 Å². The first-order valence-electron chi connectivity index (χ1n) is 6.68.